The third kappa shape index (κ3) is 2.72. The molecule has 2 aliphatic rings. The van der Waals surface area contributed by atoms with Crippen LogP contribution in [0.4, 0.5) is 0 Å². The zero-order valence-corrected chi connectivity index (χ0v) is 13.5. The molecule has 0 atom stereocenters. The highest BCUT2D eigenvalue weighted by atomic mass is 14.2. The van der Waals surface area contributed by atoms with Gasteiger partial charge in [-0.3, -0.25) is 0 Å². The Balaban J connectivity index is 1.80. The Morgan fingerprint density at radius 3 is 1.45 bits per heavy atom. The van der Waals surface area contributed by atoms with E-state index in [1.54, 1.807) is 33.4 Å². The number of fused-ring (bicyclic) bond motifs is 1. The lowest BCUT2D eigenvalue weighted by Crippen LogP contribution is -2.00. The number of aryl methyl sites for hydroxylation is 2. The van der Waals surface area contributed by atoms with Crippen molar-refractivity contribution in [2.24, 2.45) is 0 Å². The summed E-state index contributed by atoms with van der Waals surface area (Å²) in [5, 5.41) is 0. The molecule has 4 rings (SSSR count). The number of hydrogen-bond donors (Lipinski definition) is 0. The van der Waals surface area contributed by atoms with Crippen molar-refractivity contribution in [2.45, 2.75) is 64.2 Å². The van der Waals surface area contributed by atoms with Crippen LogP contribution in [-0.4, -0.2) is 0 Å². The van der Waals surface area contributed by atoms with Crippen LogP contribution in [0.5, 0.6) is 0 Å². The quantitative estimate of drug-likeness (QED) is 0.607. The summed E-state index contributed by atoms with van der Waals surface area (Å²) in [6, 6.07) is 14.1. The van der Waals surface area contributed by atoms with Gasteiger partial charge in [0, 0.05) is 0 Å². The zero-order valence-electron chi connectivity index (χ0n) is 13.5. The van der Waals surface area contributed by atoms with Crippen molar-refractivity contribution in [1.82, 2.24) is 0 Å². The second kappa shape index (κ2) is 6.28. The fourth-order valence-electron chi connectivity index (χ4n) is 4.43. The highest BCUT2D eigenvalue weighted by Crippen LogP contribution is 2.30. The van der Waals surface area contributed by atoms with Gasteiger partial charge in [-0.05, 0) is 78.3 Å². The first-order valence-corrected chi connectivity index (χ1v) is 9.11. The van der Waals surface area contributed by atoms with Gasteiger partial charge in [0.25, 0.3) is 0 Å². The molecule has 0 fully saturated rings. The Kier molecular flexibility index (Phi) is 4.01. The van der Waals surface area contributed by atoms with E-state index >= 15 is 0 Å². The van der Waals surface area contributed by atoms with Gasteiger partial charge in [0.05, 0.1) is 0 Å². The zero-order chi connectivity index (χ0) is 14.8. The summed E-state index contributed by atoms with van der Waals surface area (Å²) >= 11 is 0. The molecule has 0 aliphatic heterocycles. The van der Waals surface area contributed by atoms with Crippen LogP contribution in [0.25, 0.3) is 0 Å². The topological polar surface area (TPSA) is 0 Å². The average molecular weight is 290 g/mol. The van der Waals surface area contributed by atoms with E-state index in [9.17, 15) is 0 Å². The highest BCUT2D eigenvalue weighted by molar-refractivity contribution is 5.46. The van der Waals surface area contributed by atoms with Crippen LogP contribution in [0.15, 0.2) is 36.4 Å². The molecule has 2 aromatic rings. The van der Waals surface area contributed by atoms with Gasteiger partial charge < -0.3 is 0 Å². The van der Waals surface area contributed by atoms with Gasteiger partial charge >= 0.3 is 0 Å². The lowest BCUT2D eigenvalue weighted by atomic mass is 9.92. The molecule has 114 valence electrons. The van der Waals surface area contributed by atoms with E-state index in [-0.39, 0.29) is 0 Å². The monoisotopic (exact) mass is 290 g/mol. The normalized spacial score (nSPS) is 18.0. The van der Waals surface area contributed by atoms with Crippen molar-refractivity contribution in [3.05, 3.63) is 69.8 Å². The molecule has 0 saturated carbocycles. The van der Waals surface area contributed by atoms with E-state index in [4.69, 9.17) is 0 Å². The highest BCUT2D eigenvalue weighted by Gasteiger charge is 2.18. The predicted octanol–water partition coefficient (Wildman–Crippen LogP) is 5.43. The number of rotatable bonds is 0. The average Bonchev–Trinajstić information content (AvgIpc) is 2.72. The van der Waals surface area contributed by atoms with Gasteiger partial charge in [0.15, 0.2) is 0 Å². The molecule has 0 N–H and O–H groups in total. The van der Waals surface area contributed by atoms with Crippen molar-refractivity contribution in [1.29, 1.82) is 0 Å². The lowest BCUT2D eigenvalue weighted by molar-refractivity contribution is 0.612. The van der Waals surface area contributed by atoms with Gasteiger partial charge in [-0.1, -0.05) is 55.7 Å². The van der Waals surface area contributed by atoms with Crippen molar-refractivity contribution in [2.75, 3.05) is 0 Å². The third-order valence-electron chi connectivity index (χ3n) is 5.64. The fourth-order valence-corrected chi connectivity index (χ4v) is 4.43. The molecule has 2 bridgehead atoms. The first kappa shape index (κ1) is 14.1. The molecule has 22 heavy (non-hydrogen) atoms. The molecular formula is C22H26. The maximum absolute atomic E-state index is 2.38. The van der Waals surface area contributed by atoms with Crippen LogP contribution >= 0.6 is 0 Å². The summed E-state index contributed by atoms with van der Waals surface area (Å²) < 4.78 is 0. The van der Waals surface area contributed by atoms with Crippen molar-refractivity contribution in [3.63, 3.8) is 0 Å². The maximum Gasteiger partial charge on any atom is -0.00201 e. The van der Waals surface area contributed by atoms with E-state index in [0.29, 0.717) is 0 Å². The van der Waals surface area contributed by atoms with E-state index < -0.39 is 0 Å². The summed E-state index contributed by atoms with van der Waals surface area (Å²) in [5.74, 6) is 0. The Hall–Kier alpha value is -1.56. The van der Waals surface area contributed by atoms with E-state index in [1.165, 1.54) is 57.8 Å². The van der Waals surface area contributed by atoms with Crippen molar-refractivity contribution >= 4 is 0 Å². The van der Waals surface area contributed by atoms with Crippen LogP contribution in [0.2, 0.25) is 0 Å². The van der Waals surface area contributed by atoms with Crippen molar-refractivity contribution in [3.8, 4) is 0 Å². The van der Waals surface area contributed by atoms with Crippen molar-refractivity contribution < 1.29 is 0 Å². The molecule has 0 spiro atoms. The van der Waals surface area contributed by atoms with Crippen LogP contribution in [0.3, 0.4) is 0 Å². The molecule has 0 radical (unpaired) electrons. The molecule has 0 heteroatoms. The van der Waals surface area contributed by atoms with Crippen LogP contribution in [-0.2, 0) is 32.1 Å². The van der Waals surface area contributed by atoms with Gasteiger partial charge in [0.1, 0.15) is 0 Å². The summed E-state index contributed by atoms with van der Waals surface area (Å²) in [5.41, 5.74) is 9.78. The van der Waals surface area contributed by atoms with Crippen LogP contribution in [0, 0.1) is 0 Å². The first-order chi connectivity index (χ1) is 10.9. The number of benzene rings is 2. The predicted molar refractivity (Wildman–Crippen MR) is 93.6 cm³/mol. The molecule has 0 saturated heterocycles. The second-order valence-corrected chi connectivity index (χ2v) is 7.05. The number of hydrogen-bond acceptors (Lipinski definition) is 0. The molecule has 0 nitrogen and oxygen atoms in total. The summed E-state index contributed by atoms with van der Waals surface area (Å²) in [6.45, 7) is 0. The van der Waals surface area contributed by atoms with Gasteiger partial charge in [0.2, 0.25) is 0 Å². The Morgan fingerprint density at radius 2 is 0.909 bits per heavy atom. The smallest absolute Gasteiger partial charge is 0.00201 e. The van der Waals surface area contributed by atoms with E-state index in [2.05, 4.69) is 36.4 Å². The fraction of sp³-hybridized carbons (Fsp3) is 0.455. The lowest BCUT2D eigenvalue weighted by Gasteiger charge is -2.13. The van der Waals surface area contributed by atoms with Gasteiger partial charge in [-0.25, -0.2) is 0 Å². The van der Waals surface area contributed by atoms with Crippen LogP contribution in [0.1, 0.15) is 65.5 Å². The Morgan fingerprint density at radius 1 is 0.455 bits per heavy atom. The minimum Gasteiger partial charge on any atom is -0.0617 e. The molecule has 0 amide bonds. The Labute approximate surface area is 134 Å². The summed E-state index contributed by atoms with van der Waals surface area (Å²) in [6.07, 6.45) is 13.1. The molecular weight excluding hydrogens is 264 g/mol. The first-order valence-electron chi connectivity index (χ1n) is 9.11. The minimum absolute atomic E-state index is 1.15. The summed E-state index contributed by atoms with van der Waals surface area (Å²) in [4.78, 5) is 0. The Bertz CT molecular complexity index is 608. The van der Waals surface area contributed by atoms with E-state index in [0.717, 1.165) is 6.42 Å². The molecule has 2 aromatic carbocycles. The molecule has 0 heterocycles. The third-order valence-corrected chi connectivity index (χ3v) is 5.64. The standard InChI is InChI=1S/C22H26/c1-2-4-8-17-10-6-12-19-16-20-13-7-11-18(9-5-3-1)22(20)15-14-21(17)19/h6-7,10-13H,1-5,8-9,14-16H2. The molecule has 2 aliphatic carbocycles. The summed E-state index contributed by atoms with van der Waals surface area (Å²) in [7, 11) is 0. The van der Waals surface area contributed by atoms with Crippen LogP contribution < -0.4 is 0 Å². The minimum atomic E-state index is 1.15. The largest absolute Gasteiger partial charge is 0.0617 e. The van der Waals surface area contributed by atoms with Gasteiger partial charge in [-0.2, -0.15) is 0 Å². The SMILES string of the molecule is c1cc2c3c(c1)Cc1cccc(c1CC3)CCCCCCC2. The van der Waals surface area contributed by atoms with Gasteiger partial charge in [-0.15, -0.1) is 0 Å². The van der Waals surface area contributed by atoms with E-state index in [1.807, 2.05) is 0 Å². The molecule has 0 unspecified atom stereocenters. The second-order valence-electron chi connectivity index (χ2n) is 7.05. The maximum atomic E-state index is 2.38. The molecule has 0 aromatic heterocycles.